The Balaban J connectivity index is 1.99. The molecule has 11 heteroatoms. The Morgan fingerprint density at radius 3 is 2.46 bits per heavy atom. The zero-order valence-corrected chi connectivity index (χ0v) is 19.7. The minimum atomic E-state index is -2.60. The summed E-state index contributed by atoms with van der Waals surface area (Å²) in [7, 11) is 4.92. The molecule has 3 atom stereocenters. The molecule has 1 aromatic carbocycles. The summed E-state index contributed by atoms with van der Waals surface area (Å²) in [5, 5.41) is 48.2. The summed E-state index contributed by atoms with van der Waals surface area (Å²) in [6, 6.07) is 1.70. The van der Waals surface area contributed by atoms with Gasteiger partial charge in [-0.1, -0.05) is 5.16 Å². The van der Waals surface area contributed by atoms with Crippen molar-refractivity contribution >= 4 is 34.6 Å². The summed E-state index contributed by atoms with van der Waals surface area (Å²) >= 11 is 0. The molecule has 3 aliphatic rings. The van der Waals surface area contributed by atoms with Crippen LogP contribution in [0.25, 0.3) is 5.76 Å². The van der Waals surface area contributed by atoms with E-state index in [1.807, 2.05) is 0 Å². The topological polar surface area (TPSA) is 183 Å². The number of fused-ring (bicyclic) bond motifs is 3. The van der Waals surface area contributed by atoms with Gasteiger partial charge in [0.2, 0.25) is 5.78 Å². The second-order valence-corrected chi connectivity index (χ2v) is 9.31. The maximum atomic E-state index is 13.6. The molecule has 4 rings (SSSR count). The molecule has 3 aliphatic carbocycles. The van der Waals surface area contributed by atoms with Crippen LogP contribution in [0.5, 0.6) is 5.75 Å². The number of nitrogens with zero attached hydrogens (tertiary/aromatic N) is 2. The molecule has 186 valence electrons. The molecule has 1 fully saturated rings. The predicted molar refractivity (Wildman–Crippen MR) is 125 cm³/mol. The second-order valence-electron chi connectivity index (χ2n) is 9.31. The van der Waals surface area contributed by atoms with Crippen LogP contribution in [0.2, 0.25) is 0 Å². The fraction of sp³-hybridized carbons (Fsp3) is 0.417. The highest BCUT2D eigenvalue weighted by molar-refractivity contribution is 6.22. The van der Waals surface area contributed by atoms with Gasteiger partial charge < -0.3 is 35.9 Å². The van der Waals surface area contributed by atoms with Crippen molar-refractivity contribution in [2.45, 2.75) is 31.8 Å². The predicted octanol–water partition coefficient (Wildman–Crippen LogP) is 0.860. The van der Waals surface area contributed by atoms with E-state index in [9.17, 15) is 34.8 Å². The highest BCUT2D eigenvalue weighted by Crippen LogP contribution is 2.53. The smallest absolute Gasteiger partial charge is 0.255 e. The first-order valence-corrected chi connectivity index (χ1v) is 11.0. The molecule has 1 amide bonds. The Hall–Kier alpha value is -3.86. The van der Waals surface area contributed by atoms with Crippen LogP contribution in [0.1, 0.15) is 36.5 Å². The van der Waals surface area contributed by atoms with Crippen LogP contribution in [0.15, 0.2) is 28.1 Å². The van der Waals surface area contributed by atoms with E-state index in [2.05, 4.69) is 5.16 Å². The first kappa shape index (κ1) is 24.3. The molecule has 6 N–H and O–H groups in total. The van der Waals surface area contributed by atoms with Crippen molar-refractivity contribution in [3.05, 3.63) is 39.7 Å². The molecule has 0 radical (unpaired) electrons. The first-order chi connectivity index (χ1) is 16.4. The molecule has 1 aromatic rings. The first-order valence-electron chi connectivity index (χ1n) is 11.0. The zero-order valence-electron chi connectivity index (χ0n) is 19.7. The Labute approximate surface area is 200 Å². The van der Waals surface area contributed by atoms with E-state index >= 15 is 0 Å². The van der Waals surface area contributed by atoms with Gasteiger partial charge in [0.1, 0.15) is 30.0 Å². The van der Waals surface area contributed by atoms with Crippen molar-refractivity contribution in [2.75, 3.05) is 26.1 Å². The Bertz CT molecular complexity index is 1280. The number of ketones is 2. The summed E-state index contributed by atoms with van der Waals surface area (Å²) in [6.07, 6.45) is -0.0714. The number of carbonyl (C=O) groups is 3. The van der Waals surface area contributed by atoms with Crippen LogP contribution in [0.3, 0.4) is 0 Å². The maximum absolute atomic E-state index is 13.6. The molecular formula is C24H27N3O8. The molecule has 11 nitrogen and oxygen atoms in total. The fourth-order valence-electron chi connectivity index (χ4n) is 5.53. The number of nitrogens with two attached hydrogens (primary N) is 1. The van der Waals surface area contributed by atoms with E-state index < -0.39 is 52.0 Å². The fourth-order valence-corrected chi connectivity index (χ4v) is 5.53. The second kappa shape index (κ2) is 8.12. The number of Topliss-reactive ketones (excluding diaryl/α,β-unsaturated/α-hetero) is 2. The third-order valence-electron chi connectivity index (χ3n) is 7.14. The van der Waals surface area contributed by atoms with Crippen LogP contribution in [0, 0.1) is 11.8 Å². The van der Waals surface area contributed by atoms with Gasteiger partial charge in [-0.15, -0.1) is 0 Å². The van der Waals surface area contributed by atoms with Gasteiger partial charge in [-0.05, 0) is 37.3 Å². The lowest BCUT2D eigenvalue weighted by Gasteiger charge is -2.46. The van der Waals surface area contributed by atoms with Crippen molar-refractivity contribution in [1.29, 1.82) is 0 Å². The lowest BCUT2D eigenvalue weighted by atomic mass is 9.59. The van der Waals surface area contributed by atoms with Gasteiger partial charge in [0.25, 0.3) is 5.91 Å². The molecule has 35 heavy (non-hydrogen) atoms. The summed E-state index contributed by atoms with van der Waals surface area (Å²) in [5.41, 5.74) is 3.43. The number of benzene rings is 1. The molecule has 0 unspecified atom stereocenters. The normalized spacial score (nSPS) is 26.3. The van der Waals surface area contributed by atoms with Crippen LogP contribution >= 0.6 is 0 Å². The monoisotopic (exact) mass is 485 g/mol. The molecule has 0 saturated heterocycles. The number of rotatable bonds is 4. The largest absolute Gasteiger partial charge is 0.508 e. The van der Waals surface area contributed by atoms with Gasteiger partial charge in [-0.25, -0.2) is 0 Å². The van der Waals surface area contributed by atoms with Gasteiger partial charge in [0.15, 0.2) is 11.4 Å². The number of aliphatic hydroxyl groups excluding tert-OH is 2. The van der Waals surface area contributed by atoms with Gasteiger partial charge in [-0.2, -0.15) is 0 Å². The molecule has 0 heterocycles. The van der Waals surface area contributed by atoms with E-state index in [0.717, 1.165) is 0 Å². The quantitative estimate of drug-likeness (QED) is 0.234. The lowest BCUT2D eigenvalue weighted by Crippen LogP contribution is -2.58. The zero-order chi connectivity index (χ0) is 26.0. The van der Waals surface area contributed by atoms with Crippen molar-refractivity contribution < 1.29 is 39.6 Å². The molecule has 0 aromatic heterocycles. The van der Waals surface area contributed by atoms with E-state index in [0.29, 0.717) is 17.0 Å². The molecular weight excluding hydrogens is 458 g/mol. The Morgan fingerprint density at radius 2 is 1.89 bits per heavy atom. The number of oxime groups is 1. The number of amides is 1. The average molecular weight is 485 g/mol. The number of hydrogen-bond donors (Lipinski definition) is 5. The molecule has 0 spiro atoms. The molecule has 0 aliphatic heterocycles. The SMILES string of the molecule is CO/N=C(/C)c1cc(N(C)C)c2c(c1O)C(O)=C1C(=O)[C@]3(O)C(O)=C(C(N)=O)C(=O)C[C@@H]3C[C@@H]1C2. The summed E-state index contributed by atoms with van der Waals surface area (Å²) in [5.74, 6) is -6.65. The van der Waals surface area contributed by atoms with Gasteiger partial charge in [-0.3, -0.25) is 14.4 Å². The molecule has 1 saturated carbocycles. The summed E-state index contributed by atoms with van der Waals surface area (Å²) < 4.78 is 0. The Morgan fingerprint density at radius 1 is 1.23 bits per heavy atom. The maximum Gasteiger partial charge on any atom is 0.255 e. The minimum Gasteiger partial charge on any atom is -0.508 e. The highest BCUT2D eigenvalue weighted by Gasteiger charge is 2.60. The number of hydrogen-bond acceptors (Lipinski definition) is 10. The van der Waals surface area contributed by atoms with Gasteiger partial charge >= 0.3 is 0 Å². The third-order valence-corrected chi connectivity index (χ3v) is 7.14. The minimum absolute atomic E-state index is 0.00369. The molecule has 0 bridgehead atoms. The number of aliphatic hydroxyl groups is 3. The number of anilines is 1. The lowest BCUT2D eigenvalue weighted by molar-refractivity contribution is -0.147. The van der Waals surface area contributed by atoms with Gasteiger partial charge in [0.05, 0.1) is 11.3 Å². The van der Waals surface area contributed by atoms with Gasteiger partial charge in [0, 0.05) is 43.3 Å². The van der Waals surface area contributed by atoms with E-state index in [4.69, 9.17) is 10.6 Å². The number of aromatic hydroxyl groups is 1. The summed E-state index contributed by atoms with van der Waals surface area (Å²) in [6.45, 7) is 1.60. The van der Waals surface area contributed by atoms with Crippen LogP contribution in [0.4, 0.5) is 5.69 Å². The average Bonchev–Trinajstić information content (AvgIpc) is 2.76. The van der Waals surface area contributed by atoms with Crippen molar-refractivity contribution in [3.63, 3.8) is 0 Å². The summed E-state index contributed by atoms with van der Waals surface area (Å²) in [4.78, 5) is 44.4. The number of phenols is 1. The van der Waals surface area contributed by atoms with Crippen molar-refractivity contribution in [1.82, 2.24) is 0 Å². The number of phenolic OH excluding ortho intramolecular Hbond substituents is 1. The van der Waals surface area contributed by atoms with Crippen LogP contribution < -0.4 is 10.6 Å². The number of primary amides is 1. The van der Waals surface area contributed by atoms with E-state index in [1.54, 1.807) is 32.0 Å². The van der Waals surface area contributed by atoms with Crippen molar-refractivity contribution in [2.24, 2.45) is 22.7 Å². The van der Waals surface area contributed by atoms with E-state index in [1.165, 1.54) is 7.11 Å². The van der Waals surface area contributed by atoms with Crippen LogP contribution in [-0.4, -0.2) is 70.4 Å². The Kier molecular flexibility index (Phi) is 5.63. The number of carbonyl (C=O) groups excluding carboxylic acids is 3. The standard InChI is InChI=1S/C24H27N3O8/c1-9(26-35-4)12-8-14(27(2)3)13-6-10-5-11-7-15(28)18(23(25)33)22(32)24(11,34)21(31)16(10)20(30)17(13)19(12)29/h8,10-11,29-30,32,34H,5-7H2,1-4H3,(H2,25,33)/b26-9-/t10-,11+,24+/m1/s1. The highest BCUT2D eigenvalue weighted by atomic mass is 16.6. The van der Waals surface area contributed by atoms with Crippen LogP contribution in [-0.2, 0) is 25.6 Å². The third kappa shape index (κ3) is 3.29. The van der Waals surface area contributed by atoms with E-state index in [-0.39, 0.29) is 41.7 Å². The van der Waals surface area contributed by atoms with Crippen molar-refractivity contribution in [3.8, 4) is 5.75 Å².